The zero-order valence-electron chi connectivity index (χ0n) is 10.0. The minimum Gasteiger partial charge on any atom is -0.342 e. The first-order chi connectivity index (χ1) is 5.68. The van der Waals surface area contributed by atoms with Gasteiger partial charge in [0.2, 0.25) is 5.91 Å². The first-order valence-electron chi connectivity index (χ1n) is 4.91. The molecule has 0 aliphatic carbocycles. The number of carbonyl (C=O) groups excluding carboxylic acids is 1. The molecule has 1 amide bonds. The highest BCUT2D eigenvalue weighted by atomic mass is 16.2. The van der Waals surface area contributed by atoms with Gasteiger partial charge in [0.25, 0.3) is 0 Å². The molecular weight excluding hydrogens is 162 g/mol. The second-order valence-corrected chi connectivity index (χ2v) is 5.18. The lowest BCUT2D eigenvalue weighted by Crippen LogP contribution is -2.47. The summed E-state index contributed by atoms with van der Waals surface area (Å²) in [6.07, 6.45) is 0. The van der Waals surface area contributed by atoms with Crippen molar-refractivity contribution in [1.29, 1.82) is 0 Å². The SMILES string of the molecule is CC(=O)N(C)[C@@H](C(C)C)C(C)(C)C. The molecular formula is C11H23NO. The Morgan fingerprint density at radius 1 is 1.23 bits per heavy atom. The maximum Gasteiger partial charge on any atom is 0.219 e. The van der Waals surface area contributed by atoms with E-state index in [9.17, 15) is 4.79 Å². The first kappa shape index (κ1) is 12.5. The average molecular weight is 185 g/mol. The number of rotatable bonds is 2. The molecule has 0 rings (SSSR count). The van der Waals surface area contributed by atoms with Gasteiger partial charge in [-0.25, -0.2) is 0 Å². The van der Waals surface area contributed by atoms with E-state index >= 15 is 0 Å². The topological polar surface area (TPSA) is 20.3 Å². The minimum absolute atomic E-state index is 0.147. The van der Waals surface area contributed by atoms with Crippen molar-refractivity contribution in [2.45, 2.75) is 47.6 Å². The predicted octanol–water partition coefficient (Wildman–Crippen LogP) is 2.54. The maximum atomic E-state index is 11.3. The number of hydrogen-bond acceptors (Lipinski definition) is 1. The second-order valence-electron chi connectivity index (χ2n) is 5.18. The summed E-state index contributed by atoms with van der Waals surface area (Å²) in [7, 11) is 1.89. The molecule has 13 heavy (non-hydrogen) atoms. The molecule has 0 N–H and O–H groups in total. The zero-order chi connectivity index (χ0) is 10.8. The van der Waals surface area contributed by atoms with Gasteiger partial charge >= 0.3 is 0 Å². The highest BCUT2D eigenvalue weighted by molar-refractivity contribution is 5.73. The molecule has 0 aliphatic heterocycles. The third kappa shape index (κ3) is 3.37. The van der Waals surface area contributed by atoms with Crippen LogP contribution in [0.3, 0.4) is 0 Å². The summed E-state index contributed by atoms with van der Waals surface area (Å²) < 4.78 is 0. The summed E-state index contributed by atoms with van der Waals surface area (Å²) in [5.41, 5.74) is 0.147. The van der Waals surface area contributed by atoms with Crippen molar-refractivity contribution in [2.75, 3.05) is 7.05 Å². The molecule has 0 aromatic rings. The molecule has 2 heteroatoms. The summed E-state index contributed by atoms with van der Waals surface area (Å²) in [5.74, 6) is 0.641. The van der Waals surface area contributed by atoms with E-state index in [1.165, 1.54) is 0 Å². The molecule has 0 aromatic heterocycles. The molecule has 78 valence electrons. The van der Waals surface area contributed by atoms with Gasteiger partial charge in [-0.2, -0.15) is 0 Å². The summed E-state index contributed by atoms with van der Waals surface area (Å²) >= 11 is 0. The third-order valence-corrected chi connectivity index (χ3v) is 2.43. The quantitative estimate of drug-likeness (QED) is 0.647. The van der Waals surface area contributed by atoms with E-state index in [1.807, 2.05) is 11.9 Å². The van der Waals surface area contributed by atoms with Crippen molar-refractivity contribution in [3.8, 4) is 0 Å². The van der Waals surface area contributed by atoms with Crippen LogP contribution in [0, 0.1) is 11.3 Å². The molecule has 0 aliphatic rings. The van der Waals surface area contributed by atoms with Crippen LogP contribution in [0.5, 0.6) is 0 Å². The molecule has 0 fully saturated rings. The van der Waals surface area contributed by atoms with Crippen LogP contribution in [0.1, 0.15) is 41.5 Å². The Morgan fingerprint density at radius 3 is 1.69 bits per heavy atom. The fourth-order valence-electron chi connectivity index (χ4n) is 2.22. The van der Waals surface area contributed by atoms with Crippen LogP contribution < -0.4 is 0 Å². The number of carbonyl (C=O) groups is 1. The Kier molecular flexibility index (Phi) is 3.95. The molecule has 0 unspecified atom stereocenters. The Morgan fingerprint density at radius 2 is 1.62 bits per heavy atom. The lowest BCUT2D eigenvalue weighted by Gasteiger charge is -2.40. The largest absolute Gasteiger partial charge is 0.342 e. The van der Waals surface area contributed by atoms with Crippen LogP contribution in [-0.4, -0.2) is 23.9 Å². The van der Waals surface area contributed by atoms with Gasteiger partial charge in [-0.3, -0.25) is 4.79 Å². The predicted molar refractivity (Wildman–Crippen MR) is 56.5 cm³/mol. The van der Waals surface area contributed by atoms with Gasteiger partial charge in [-0.1, -0.05) is 34.6 Å². The van der Waals surface area contributed by atoms with Crippen molar-refractivity contribution >= 4 is 5.91 Å². The molecule has 0 bridgehead atoms. The van der Waals surface area contributed by atoms with Crippen LogP contribution >= 0.6 is 0 Å². The fraction of sp³-hybridized carbons (Fsp3) is 0.909. The summed E-state index contributed by atoms with van der Waals surface area (Å²) in [6, 6.07) is 0.310. The number of amides is 1. The van der Waals surface area contributed by atoms with Crippen LogP contribution in [0.25, 0.3) is 0 Å². The summed E-state index contributed by atoms with van der Waals surface area (Å²) in [5, 5.41) is 0. The van der Waals surface area contributed by atoms with Gasteiger partial charge in [0.15, 0.2) is 0 Å². The van der Waals surface area contributed by atoms with Crippen molar-refractivity contribution in [2.24, 2.45) is 11.3 Å². The molecule has 1 atom stereocenters. The normalized spacial score (nSPS) is 14.5. The summed E-state index contributed by atoms with van der Waals surface area (Å²) in [6.45, 7) is 12.5. The lowest BCUT2D eigenvalue weighted by molar-refractivity contribution is -0.133. The molecule has 0 saturated carbocycles. The lowest BCUT2D eigenvalue weighted by atomic mass is 9.79. The molecule has 0 radical (unpaired) electrons. The van der Waals surface area contributed by atoms with E-state index in [0.717, 1.165) is 0 Å². The van der Waals surface area contributed by atoms with Crippen LogP contribution in [0.4, 0.5) is 0 Å². The Bertz CT molecular complexity index is 179. The van der Waals surface area contributed by atoms with E-state index in [2.05, 4.69) is 34.6 Å². The van der Waals surface area contributed by atoms with Crippen LogP contribution in [0.15, 0.2) is 0 Å². The van der Waals surface area contributed by atoms with Crippen molar-refractivity contribution < 1.29 is 4.79 Å². The van der Waals surface area contributed by atoms with Crippen molar-refractivity contribution in [1.82, 2.24) is 4.90 Å². The first-order valence-corrected chi connectivity index (χ1v) is 4.91. The van der Waals surface area contributed by atoms with E-state index in [0.29, 0.717) is 12.0 Å². The van der Waals surface area contributed by atoms with Crippen molar-refractivity contribution in [3.63, 3.8) is 0 Å². The zero-order valence-corrected chi connectivity index (χ0v) is 10.0. The molecule has 2 nitrogen and oxygen atoms in total. The van der Waals surface area contributed by atoms with Gasteiger partial charge in [0, 0.05) is 20.0 Å². The monoisotopic (exact) mass is 185 g/mol. The standard InChI is InChI=1S/C11H23NO/c1-8(2)10(11(4,5)6)12(7)9(3)13/h8,10H,1-7H3/t10-/m0/s1. The van der Waals surface area contributed by atoms with Crippen molar-refractivity contribution in [3.05, 3.63) is 0 Å². The Hall–Kier alpha value is -0.530. The summed E-state index contributed by atoms with van der Waals surface area (Å²) in [4.78, 5) is 13.1. The van der Waals surface area contributed by atoms with Gasteiger partial charge in [-0.05, 0) is 11.3 Å². The number of nitrogens with zero attached hydrogens (tertiary/aromatic N) is 1. The maximum absolute atomic E-state index is 11.3. The van der Waals surface area contributed by atoms with E-state index in [1.54, 1.807) is 6.92 Å². The van der Waals surface area contributed by atoms with Crippen LogP contribution in [-0.2, 0) is 4.79 Å². The van der Waals surface area contributed by atoms with E-state index in [-0.39, 0.29) is 11.3 Å². The van der Waals surface area contributed by atoms with Gasteiger partial charge < -0.3 is 4.90 Å². The Labute approximate surface area is 82.3 Å². The van der Waals surface area contributed by atoms with Gasteiger partial charge in [0.05, 0.1) is 0 Å². The van der Waals surface area contributed by atoms with E-state index < -0.39 is 0 Å². The van der Waals surface area contributed by atoms with Gasteiger partial charge in [0.1, 0.15) is 0 Å². The third-order valence-electron chi connectivity index (χ3n) is 2.43. The molecule has 0 heterocycles. The highest BCUT2D eigenvalue weighted by Gasteiger charge is 2.31. The van der Waals surface area contributed by atoms with Crippen LogP contribution in [0.2, 0.25) is 0 Å². The van der Waals surface area contributed by atoms with Gasteiger partial charge in [-0.15, -0.1) is 0 Å². The minimum atomic E-state index is 0.147. The average Bonchev–Trinajstić information content (AvgIpc) is 1.82. The molecule has 0 spiro atoms. The molecule has 0 aromatic carbocycles. The second kappa shape index (κ2) is 4.12. The smallest absolute Gasteiger partial charge is 0.219 e. The van der Waals surface area contributed by atoms with E-state index in [4.69, 9.17) is 0 Å². The fourth-order valence-corrected chi connectivity index (χ4v) is 2.22. The molecule has 0 saturated heterocycles. The Balaban J connectivity index is 4.72. The number of hydrogen-bond donors (Lipinski definition) is 0. The highest BCUT2D eigenvalue weighted by Crippen LogP contribution is 2.29.